The summed E-state index contributed by atoms with van der Waals surface area (Å²) in [5, 5.41) is 2.86. The van der Waals surface area contributed by atoms with Crippen LogP contribution in [0.5, 0.6) is 0 Å². The molecule has 0 bridgehead atoms. The minimum Gasteiger partial charge on any atom is -0.354 e. The average Bonchev–Trinajstić information content (AvgIpc) is 2.70. The first-order chi connectivity index (χ1) is 13.8. The monoisotopic (exact) mass is 416 g/mol. The van der Waals surface area contributed by atoms with Gasteiger partial charge in [-0.15, -0.1) is 11.8 Å². The summed E-state index contributed by atoms with van der Waals surface area (Å²) in [7, 11) is 0. The van der Waals surface area contributed by atoms with Gasteiger partial charge in [0.15, 0.2) is 0 Å². The summed E-state index contributed by atoms with van der Waals surface area (Å²) >= 11 is 1.41. The van der Waals surface area contributed by atoms with Gasteiger partial charge >= 0.3 is 0 Å². The number of nitrogens with zero attached hydrogens (tertiary/aromatic N) is 1. The zero-order chi connectivity index (χ0) is 21.4. The second-order valence-electron chi connectivity index (χ2n) is 7.53. The third-order valence-electron chi connectivity index (χ3n) is 4.53. The molecule has 0 spiro atoms. The Balaban J connectivity index is 2.13. The number of rotatable bonds is 9. The van der Waals surface area contributed by atoms with Crippen molar-refractivity contribution in [2.24, 2.45) is 5.92 Å². The van der Waals surface area contributed by atoms with Gasteiger partial charge in [0, 0.05) is 23.5 Å². The van der Waals surface area contributed by atoms with Crippen molar-refractivity contribution in [3.63, 3.8) is 0 Å². The molecule has 6 heteroatoms. The standard InChI is InChI=1S/C23H29FN2O2S/c1-16(2)13-25-23(28)18(4)26(14-19-7-5-6-8-21(19)24)22(27)15-29-20-11-9-17(3)10-12-20/h5-12,16,18H,13-15H2,1-4H3,(H,25,28)/t18-/m1/s1. The minimum absolute atomic E-state index is 0.0518. The van der Waals surface area contributed by atoms with Gasteiger partial charge in [-0.3, -0.25) is 9.59 Å². The lowest BCUT2D eigenvalue weighted by molar-refractivity contribution is -0.138. The van der Waals surface area contributed by atoms with E-state index >= 15 is 0 Å². The number of hydrogen-bond donors (Lipinski definition) is 1. The molecule has 0 aromatic heterocycles. The van der Waals surface area contributed by atoms with Crippen LogP contribution < -0.4 is 5.32 Å². The Bertz CT molecular complexity index is 824. The fourth-order valence-electron chi connectivity index (χ4n) is 2.71. The zero-order valence-corrected chi connectivity index (χ0v) is 18.3. The molecule has 2 aromatic carbocycles. The number of benzene rings is 2. The van der Waals surface area contributed by atoms with E-state index in [-0.39, 0.29) is 29.9 Å². The van der Waals surface area contributed by atoms with Crippen LogP contribution >= 0.6 is 11.8 Å². The lowest BCUT2D eigenvalue weighted by Crippen LogP contribution is -2.48. The number of halogens is 1. The largest absolute Gasteiger partial charge is 0.354 e. The lowest BCUT2D eigenvalue weighted by Gasteiger charge is -2.29. The van der Waals surface area contributed by atoms with Crippen molar-refractivity contribution < 1.29 is 14.0 Å². The van der Waals surface area contributed by atoms with Gasteiger partial charge in [0.05, 0.1) is 5.75 Å². The molecule has 0 radical (unpaired) electrons. The van der Waals surface area contributed by atoms with E-state index in [4.69, 9.17) is 0 Å². The van der Waals surface area contributed by atoms with Crippen molar-refractivity contribution in [3.05, 3.63) is 65.5 Å². The molecular formula is C23H29FN2O2S. The number of carbonyl (C=O) groups excluding carboxylic acids is 2. The van der Waals surface area contributed by atoms with E-state index in [2.05, 4.69) is 5.32 Å². The Morgan fingerprint density at radius 1 is 1.07 bits per heavy atom. The Labute approximate surface area is 176 Å². The Kier molecular flexibility index (Phi) is 8.70. The summed E-state index contributed by atoms with van der Waals surface area (Å²) < 4.78 is 14.2. The average molecular weight is 417 g/mol. The summed E-state index contributed by atoms with van der Waals surface area (Å²) in [6.45, 7) is 8.29. The zero-order valence-electron chi connectivity index (χ0n) is 17.4. The van der Waals surface area contributed by atoms with Crippen molar-refractivity contribution in [1.82, 2.24) is 10.2 Å². The van der Waals surface area contributed by atoms with E-state index in [1.807, 2.05) is 45.0 Å². The third kappa shape index (κ3) is 7.20. The van der Waals surface area contributed by atoms with E-state index in [0.717, 1.165) is 10.5 Å². The van der Waals surface area contributed by atoms with Crippen LogP contribution in [0.2, 0.25) is 0 Å². The maximum absolute atomic E-state index is 14.2. The summed E-state index contributed by atoms with van der Waals surface area (Å²) in [6.07, 6.45) is 0. The molecule has 0 aliphatic heterocycles. The van der Waals surface area contributed by atoms with Crippen molar-refractivity contribution in [2.75, 3.05) is 12.3 Å². The van der Waals surface area contributed by atoms with Crippen LogP contribution in [-0.2, 0) is 16.1 Å². The molecule has 2 rings (SSSR count). The fraction of sp³-hybridized carbons (Fsp3) is 0.391. The molecule has 29 heavy (non-hydrogen) atoms. The van der Waals surface area contributed by atoms with Crippen LogP contribution in [0.15, 0.2) is 53.4 Å². The second kappa shape index (κ2) is 11.0. The van der Waals surface area contributed by atoms with Gasteiger partial charge in [-0.05, 0) is 38.0 Å². The Morgan fingerprint density at radius 3 is 2.34 bits per heavy atom. The van der Waals surface area contributed by atoms with E-state index in [0.29, 0.717) is 18.0 Å². The van der Waals surface area contributed by atoms with Crippen molar-refractivity contribution >= 4 is 23.6 Å². The molecule has 156 valence electrons. The predicted molar refractivity (Wildman–Crippen MR) is 116 cm³/mol. The quantitative estimate of drug-likeness (QED) is 0.616. The summed E-state index contributed by atoms with van der Waals surface area (Å²) in [4.78, 5) is 28.0. The van der Waals surface area contributed by atoms with Gasteiger partial charge in [0.2, 0.25) is 11.8 Å². The predicted octanol–water partition coefficient (Wildman–Crippen LogP) is 4.42. The number of thioether (sulfide) groups is 1. The maximum atomic E-state index is 14.2. The molecule has 4 nitrogen and oxygen atoms in total. The molecule has 0 saturated carbocycles. The van der Waals surface area contributed by atoms with Crippen LogP contribution in [0, 0.1) is 18.7 Å². The lowest BCUT2D eigenvalue weighted by atomic mass is 10.1. The summed E-state index contributed by atoms with van der Waals surface area (Å²) in [5.74, 6) is -0.334. The molecule has 0 saturated heterocycles. The highest BCUT2D eigenvalue weighted by molar-refractivity contribution is 8.00. The molecule has 0 heterocycles. The highest BCUT2D eigenvalue weighted by Gasteiger charge is 2.26. The number of nitrogens with one attached hydrogen (secondary N) is 1. The summed E-state index contributed by atoms with van der Waals surface area (Å²) in [5.41, 5.74) is 1.54. The molecular weight excluding hydrogens is 387 g/mol. The van der Waals surface area contributed by atoms with Crippen LogP contribution in [0.1, 0.15) is 31.9 Å². The third-order valence-corrected chi connectivity index (χ3v) is 5.53. The first-order valence-electron chi connectivity index (χ1n) is 9.78. The fourth-order valence-corrected chi connectivity index (χ4v) is 3.49. The SMILES string of the molecule is Cc1ccc(SCC(=O)N(Cc2ccccc2F)[C@H](C)C(=O)NCC(C)C)cc1. The first-order valence-corrected chi connectivity index (χ1v) is 10.8. The molecule has 2 amide bonds. The van der Waals surface area contributed by atoms with Crippen LogP contribution in [0.3, 0.4) is 0 Å². The number of amides is 2. The molecule has 0 fully saturated rings. The van der Waals surface area contributed by atoms with Crippen LogP contribution in [0.25, 0.3) is 0 Å². The van der Waals surface area contributed by atoms with Crippen LogP contribution in [-0.4, -0.2) is 35.1 Å². The molecule has 1 N–H and O–H groups in total. The topological polar surface area (TPSA) is 49.4 Å². The van der Waals surface area contributed by atoms with Gasteiger partial charge < -0.3 is 10.2 Å². The molecule has 1 atom stereocenters. The highest BCUT2D eigenvalue weighted by atomic mass is 32.2. The van der Waals surface area contributed by atoms with Crippen LogP contribution in [0.4, 0.5) is 4.39 Å². The Morgan fingerprint density at radius 2 is 1.72 bits per heavy atom. The van der Waals surface area contributed by atoms with E-state index < -0.39 is 6.04 Å². The van der Waals surface area contributed by atoms with E-state index in [1.165, 1.54) is 22.7 Å². The van der Waals surface area contributed by atoms with E-state index in [9.17, 15) is 14.0 Å². The van der Waals surface area contributed by atoms with Gasteiger partial charge in [-0.1, -0.05) is 49.7 Å². The number of hydrogen-bond acceptors (Lipinski definition) is 3. The maximum Gasteiger partial charge on any atom is 0.242 e. The molecule has 0 aliphatic rings. The van der Waals surface area contributed by atoms with Gasteiger partial charge in [0.25, 0.3) is 0 Å². The number of aryl methyl sites for hydroxylation is 1. The summed E-state index contributed by atoms with van der Waals surface area (Å²) in [6, 6.07) is 13.6. The van der Waals surface area contributed by atoms with Gasteiger partial charge in [-0.25, -0.2) is 4.39 Å². The molecule has 2 aromatic rings. The second-order valence-corrected chi connectivity index (χ2v) is 8.58. The van der Waals surface area contributed by atoms with Gasteiger partial charge in [-0.2, -0.15) is 0 Å². The van der Waals surface area contributed by atoms with Gasteiger partial charge in [0.1, 0.15) is 11.9 Å². The van der Waals surface area contributed by atoms with Crippen molar-refractivity contribution in [1.29, 1.82) is 0 Å². The minimum atomic E-state index is -0.695. The molecule has 0 aliphatic carbocycles. The smallest absolute Gasteiger partial charge is 0.242 e. The number of carbonyl (C=O) groups is 2. The molecule has 0 unspecified atom stereocenters. The first kappa shape index (κ1) is 22.9. The highest BCUT2D eigenvalue weighted by Crippen LogP contribution is 2.21. The van der Waals surface area contributed by atoms with E-state index in [1.54, 1.807) is 25.1 Å². The van der Waals surface area contributed by atoms with Crippen molar-refractivity contribution in [3.8, 4) is 0 Å². The Hall–Kier alpha value is -2.34. The normalized spacial score (nSPS) is 11.9. The van der Waals surface area contributed by atoms with Crippen molar-refractivity contribution in [2.45, 2.75) is 45.2 Å².